The van der Waals surface area contributed by atoms with Crippen LogP contribution in [0.15, 0.2) is 12.2 Å². The molecule has 46 valence electrons. The zero-order valence-corrected chi connectivity index (χ0v) is 5.22. The Kier molecular flexibility index (Phi) is 1.39. The van der Waals surface area contributed by atoms with Crippen LogP contribution in [0.4, 0.5) is 0 Å². The van der Waals surface area contributed by atoms with E-state index < -0.39 is 5.60 Å². The molecular formula is C7H12O. The molecule has 0 bridgehead atoms. The van der Waals surface area contributed by atoms with E-state index in [1.807, 2.05) is 13.0 Å². The molecule has 1 heteroatoms. The van der Waals surface area contributed by atoms with Gasteiger partial charge >= 0.3 is 0 Å². The third kappa shape index (κ3) is 1.34. The van der Waals surface area contributed by atoms with Crippen LogP contribution < -0.4 is 0 Å². The first kappa shape index (κ1) is 5.83. The van der Waals surface area contributed by atoms with E-state index in [1.165, 1.54) is 0 Å². The number of rotatable bonds is 0. The van der Waals surface area contributed by atoms with E-state index in [0.717, 1.165) is 19.3 Å². The Morgan fingerprint density at radius 1 is 1.50 bits per heavy atom. The lowest BCUT2D eigenvalue weighted by atomic mass is 9.92. The Morgan fingerprint density at radius 3 is 2.50 bits per heavy atom. The van der Waals surface area contributed by atoms with Gasteiger partial charge in [0.1, 0.15) is 0 Å². The van der Waals surface area contributed by atoms with Gasteiger partial charge in [0.05, 0.1) is 5.60 Å². The summed E-state index contributed by atoms with van der Waals surface area (Å²) < 4.78 is 0. The molecule has 1 N–H and O–H groups in total. The maximum absolute atomic E-state index is 9.32. The molecule has 1 aliphatic carbocycles. The van der Waals surface area contributed by atoms with Crippen molar-refractivity contribution < 1.29 is 5.11 Å². The fraction of sp³-hybridized carbons (Fsp3) is 0.714. The minimum Gasteiger partial charge on any atom is -0.390 e. The van der Waals surface area contributed by atoms with E-state index in [-0.39, 0.29) is 0 Å². The molecular weight excluding hydrogens is 100 g/mol. The molecule has 0 saturated carbocycles. The second-order valence-corrected chi connectivity index (χ2v) is 2.71. The molecule has 0 radical (unpaired) electrons. The Morgan fingerprint density at radius 2 is 2.25 bits per heavy atom. The van der Waals surface area contributed by atoms with E-state index in [2.05, 4.69) is 6.08 Å². The Hall–Kier alpha value is -0.300. The highest BCUT2D eigenvalue weighted by atomic mass is 16.3. The molecule has 8 heavy (non-hydrogen) atoms. The van der Waals surface area contributed by atoms with Gasteiger partial charge in [0.25, 0.3) is 0 Å². The monoisotopic (exact) mass is 112 g/mol. The van der Waals surface area contributed by atoms with Crippen molar-refractivity contribution in [3.05, 3.63) is 12.2 Å². The number of allylic oxidation sites excluding steroid dienone is 1. The topological polar surface area (TPSA) is 20.2 Å². The third-order valence-corrected chi connectivity index (χ3v) is 1.57. The summed E-state index contributed by atoms with van der Waals surface area (Å²) in [7, 11) is 0. The molecule has 0 spiro atoms. The molecule has 0 aromatic rings. The zero-order valence-electron chi connectivity index (χ0n) is 5.22. The van der Waals surface area contributed by atoms with Crippen molar-refractivity contribution in [1.82, 2.24) is 0 Å². The van der Waals surface area contributed by atoms with Gasteiger partial charge < -0.3 is 5.11 Å². The summed E-state index contributed by atoms with van der Waals surface area (Å²) in [5.41, 5.74) is -0.408. The minimum atomic E-state index is -0.408. The van der Waals surface area contributed by atoms with Crippen LogP contribution in [-0.4, -0.2) is 10.7 Å². The van der Waals surface area contributed by atoms with Gasteiger partial charge in [-0.2, -0.15) is 0 Å². The van der Waals surface area contributed by atoms with Gasteiger partial charge in [-0.15, -0.1) is 0 Å². The second kappa shape index (κ2) is 1.90. The molecule has 0 aliphatic heterocycles. The molecule has 1 atom stereocenters. The van der Waals surface area contributed by atoms with E-state index >= 15 is 0 Å². The fourth-order valence-corrected chi connectivity index (χ4v) is 0.951. The zero-order chi connectivity index (χ0) is 6.04. The van der Waals surface area contributed by atoms with Gasteiger partial charge in [-0.25, -0.2) is 0 Å². The van der Waals surface area contributed by atoms with E-state index in [4.69, 9.17) is 0 Å². The Bertz CT molecular complexity index is 103. The SMILES string of the molecule is C[C@@]1(O)CC=CCC1. The Balaban J connectivity index is 2.50. The highest BCUT2D eigenvalue weighted by molar-refractivity contribution is 4.95. The quantitative estimate of drug-likeness (QED) is 0.470. The highest BCUT2D eigenvalue weighted by Gasteiger charge is 2.19. The van der Waals surface area contributed by atoms with Crippen molar-refractivity contribution in [3.63, 3.8) is 0 Å². The largest absolute Gasteiger partial charge is 0.390 e. The molecule has 1 aliphatic rings. The van der Waals surface area contributed by atoms with Gasteiger partial charge in [-0.1, -0.05) is 12.2 Å². The van der Waals surface area contributed by atoms with Crippen molar-refractivity contribution in [2.24, 2.45) is 0 Å². The van der Waals surface area contributed by atoms with Crippen molar-refractivity contribution in [2.75, 3.05) is 0 Å². The standard InChI is InChI=1S/C7H12O/c1-7(8)5-3-2-4-6-7/h2-3,8H,4-6H2,1H3/t7-/m1/s1. The van der Waals surface area contributed by atoms with Crippen molar-refractivity contribution >= 4 is 0 Å². The van der Waals surface area contributed by atoms with Crippen LogP contribution in [0.1, 0.15) is 26.2 Å². The van der Waals surface area contributed by atoms with Crippen molar-refractivity contribution in [3.8, 4) is 0 Å². The van der Waals surface area contributed by atoms with Crippen LogP contribution in [0.3, 0.4) is 0 Å². The smallest absolute Gasteiger partial charge is 0.0657 e. The minimum absolute atomic E-state index is 0.408. The van der Waals surface area contributed by atoms with Crippen molar-refractivity contribution in [2.45, 2.75) is 31.8 Å². The number of aliphatic hydroxyl groups is 1. The van der Waals surface area contributed by atoms with Gasteiger partial charge in [0.2, 0.25) is 0 Å². The molecule has 1 nitrogen and oxygen atoms in total. The maximum Gasteiger partial charge on any atom is 0.0657 e. The average Bonchev–Trinajstić information content (AvgIpc) is 1.65. The maximum atomic E-state index is 9.32. The predicted octanol–water partition coefficient (Wildman–Crippen LogP) is 1.48. The summed E-state index contributed by atoms with van der Waals surface area (Å²) in [5.74, 6) is 0. The predicted molar refractivity (Wildman–Crippen MR) is 33.6 cm³/mol. The second-order valence-electron chi connectivity index (χ2n) is 2.71. The van der Waals surface area contributed by atoms with Gasteiger partial charge in [-0.05, 0) is 26.2 Å². The molecule has 0 saturated heterocycles. The van der Waals surface area contributed by atoms with Crippen LogP contribution >= 0.6 is 0 Å². The van der Waals surface area contributed by atoms with Gasteiger partial charge in [0, 0.05) is 0 Å². The lowest BCUT2D eigenvalue weighted by Gasteiger charge is -2.23. The summed E-state index contributed by atoms with van der Waals surface area (Å²) in [5, 5.41) is 9.32. The number of hydrogen-bond acceptors (Lipinski definition) is 1. The lowest BCUT2D eigenvalue weighted by Crippen LogP contribution is -2.24. The van der Waals surface area contributed by atoms with Crippen LogP contribution in [0.25, 0.3) is 0 Å². The van der Waals surface area contributed by atoms with E-state index in [0.29, 0.717) is 0 Å². The average molecular weight is 112 g/mol. The van der Waals surface area contributed by atoms with Crippen LogP contribution in [0, 0.1) is 0 Å². The lowest BCUT2D eigenvalue weighted by molar-refractivity contribution is 0.0511. The summed E-state index contributed by atoms with van der Waals surface area (Å²) in [6.07, 6.45) is 6.95. The summed E-state index contributed by atoms with van der Waals surface area (Å²) >= 11 is 0. The Labute approximate surface area is 50.0 Å². The summed E-state index contributed by atoms with van der Waals surface area (Å²) in [4.78, 5) is 0. The van der Waals surface area contributed by atoms with Gasteiger partial charge in [0.15, 0.2) is 0 Å². The fourth-order valence-electron chi connectivity index (χ4n) is 0.951. The van der Waals surface area contributed by atoms with Crippen molar-refractivity contribution in [1.29, 1.82) is 0 Å². The first-order valence-electron chi connectivity index (χ1n) is 3.08. The van der Waals surface area contributed by atoms with Gasteiger partial charge in [-0.3, -0.25) is 0 Å². The first-order chi connectivity index (χ1) is 3.71. The molecule has 0 fully saturated rings. The van der Waals surface area contributed by atoms with Crippen LogP contribution in [0.5, 0.6) is 0 Å². The summed E-state index contributed by atoms with van der Waals surface area (Å²) in [6, 6.07) is 0. The molecule has 0 amide bonds. The van der Waals surface area contributed by atoms with Crippen LogP contribution in [-0.2, 0) is 0 Å². The summed E-state index contributed by atoms with van der Waals surface area (Å²) in [6.45, 7) is 1.89. The molecule has 0 heterocycles. The molecule has 0 aromatic carbocycles. The van der Waals surface area contributed by atoms with Crippen LogP contribution in [0.2, 0.25) is 0 Å². The molecule has 0 unspecified atom stereocenters. The van der Waals surface area contributed by atoms with E-state index in [9.17, 15) is 5.11 Å². The normalized spacial score (nSPS) is 37.8. The molecule has 1 rings (SSSR count). The van der Waals surface area contributed by atoms with E-state index in [1.54, 1.807) is 0 Å². The molecule has 0 aromatic heterocycles. The number of hydrogen-bond donors (Lipinski definition) is 1. The first-order valence-corrected chi connectivity index (χ1v) is 3.08. The highest BCUT2D eigenvalue weighted by Crippen LogP contribution is 2.21. The third-order valence-electron chi connectivity index (χ3n) is 1.57.